The monoisotopic (exact) mass is 358 g/mol. The standard InChI is InChI=1S/C18H15ClN2O4/c1-25-16-5-2-10(6-15(16)22)8-20-9-14-13-7-11(19)3-4-12(13)17(23)21-18(14)24/h2-7,9,22H,8H2,1H3,(H2,21,23,24). The summed E-state index contributed by atoms with van der Waals surface area (Å²) in [6.45, 7) is 0.276. The van der Waals surface area contributed by atoms with Gasteiger partial charge < -0.3 is 14.9 Å². The number of ether oxygens (including phenoxy) is 1. The van der Waals surface area contributed by atoms with E-state index in [1.165, 1.54) is 13.3 Å². The van der Waals surface area contributed by atoms with Gasteiger partial charge in [0.25, 0.3) is 5.56 Å². The third-order valence-electron chi connectivity index (χ3n) is 3.74. The number of benzene rings is 2. The lowest BCUT2D eigenvalue weighted by atomic mass is 10.1. The number of phenols is 1. The first-order chi connectivity index (χ1) is 12.0. The van der Waals surface area contributed by atoms with Gasteiger partial charge in [0.15, 0.2) is 11.5 Å². The predicted octanol–water partition coefficient (Wildman–Crippen LogP) is 3.22. The Labute approximate surface area is 148 Å². The number of aromatic amines is 1. The van der Waals surface area contributed by atoms with Crippen molar-refractivity contribution in [3.05, 3.63) is 62.9 Å². The molecule has 0 saturated heterocycles. The second-order valence-corrected chi connectivity index (χ2v) is 5.82. The highest BCUT2D eigenvalue weighted by molar-refractivity contribution is 6.31. The SMILES string of the molecule is COc1ccc(CN=Cc2c(O)[nH]c(=O)c3ccc(Cl)cc23)cc1O. The Kier molecular flexibility index (Phi) is 4.63. The van der Waals surface area contributed by atoms with Crippen LogP contribution in [0.2, 0.25) is 5.02 Å². The minimum Gasteiger partial charge on any atom is -0.504 e. The van der Waals surface area contributed by atoms with Crippen LogP contribution in [0.5, 0.6) is 17.4 Å². The first-order valence-electron chi connectivity index (χ1n) is 7.40. The average molecular weight is 359 g/mol. The number of hydrogen-bond acceptors (Lipinski definition) is 5. The van der Waals surface area contributed by atoms with Gasteiger partial charge in [-0.15, -0.1) is 0 Å². The van der Waals surface area contributed by atoms with E-state index in [1.54, 1.807) is 36.4 Å². The normalized spacial score (nSPS) is 11.3. The number of fused-ring (bicyclic) bond motifs is 1. The van der Waals surface area contributed by atoms with Crippen molar-refractivity contribution in [2.24, 2.45) is 4.99 Å². The molecule has 0 saturated carbocycles. The van der Waals surface area contributed by atoms with Crippen molar-refractivity contribution in [1.82, 2.24) is 4.98 Å². The predicted molar refractivity (Wildman–Crippen MR) is 97.2 cm³/mol. The molecule has 0 aliphatic heterocycles. The van der Waals surface area contributed by atoms with Crippen LogP contribution in [-0.4, -0.2) is 28.5 Å². The van der Waals surface area contributed by atoms with E-state index >= 15 is 0 Å². The van der Waals surface area contributed by atoms with Crippen molar-refractivity contribution in [3.63, 3.8) is 0 Å². The molecule has 0 fully saturated rings. The number of rotatable bonds is 4. The Morgan fingerprint density at radius 2 is 2.00 bits per heavy atom. The zero-order valence-electron chi connectivity index (χ0n) is 13.3. The maximum absolute atomic E-state index is 11.9. The van der Waals surface area contributed by atoms with Crippen LogP contribution in [-0.2, 0) is 6.54 Å². The lowest BCUT2D eigenvalue weighted by molar-refractivity contribution is 0.373. The summed E-state index contributed by atoms with van der Waals surface area (Å²) in [6.07, 6.45) is 1.46. The van der Waals surface area contributed by atoms with E-state index in [0.29, 0.717) is 27.1 Å². The van der Waals surface area contributed by atoms with Gasteiger partial charge in [0.05, 0.1) is 19.2 Å². The molecule has 0 bridgehead atoms. The molecule has 2 aromatic carbocycles. The van der Waals surface area contributed by atoms with E-state index in [-0.39, 0.29) is 18.2 Å². The van der Waals surface area contributed by atoms with Gasteiger partial charge in [-0.05, 0) is 35.9 Å². The number of pyridine rings is 1. The summed E-state index contributed by atoms with van der Waals surface area (Å²) >= 11 is 5.99. The van der Waals surface area contributed by atoms with E-state index < -0.39 is 5.56 Å². The Hall–Kier alpha value is -2.99. The molecule has 0 aliphatic rings. The minimum absolute atomic E-state index is 0.0271. The van der Waals surface area contributed by atoms with Crippen LogP contribution in [0.15, 0.2) is 46.2 Å². The number of aliphatic imine (C=N–C) groups is 1. The van der Waals surface area contributed by atoms with Crippen LogP contribution in [0.25, 0.3) is 10.8 Å². The number of H-pyrrole nitrogens is 1. The molecule has 128 valence electrons. The molecule has 25 heavy (non-hydrogen) atoms. The molecule has 3 N–H and O–H groups in total. The number of nitrogens with one attached hydrogen (secondary N) is 1. The number of phenolic OH excluding ortho intramolecular Hbond substituents is 1. The van der Waals surface area contributed by atoms with Crippen molar-refractivity contribution >= 4 is 28.6 Å². The highest BCUT2D eigenvalue weighted by Gasteiger charge is 2.10. The lowest BCUT2D eigenvalue weighted by Gasteiger charge is -2.06. The topological polar surface area (TPSA) is 94.9 Å². The average Bonchev–Trinajstić information content (AvgIpc) is 2.57. The smallest absolute Gasteiger partial charge is 0.258 e. The molecule has 0 aliphatic carbocycles. The molecule has 0 atom stereocenters. The largest absolute Gasteiger partial charge is 0.504 e. The van der Waals surface area contributed by atoms with E-state index in [1.807, 2.05) is 0 Å². The fourth-order valence-corrected chi connectivity index (χ4v) is 2.69. The molecule has 6 nitrogen and oxygen atoms in total. The van der Waals surface area contributed by atoms with Gasteiger partial charge >= 0.3 is 0 Å². The molecule has 3 rings (SSSR count). The van der Waals surface area contributed by atoms with E-state index in [9.17, 15) is 15.0 Å². The van der Waals surface area contributed by atoms with Gasteiger partial charge in [-0.1, -0.05) is 17.7 Å². The highest BCUT2D eigenvalue weighted by atomic mass is 35.5. The van der Waals surface area contributed by atoms with Crippen LogP contribution in [0.1, 0.15) is 11.1 Å². The van der Waals surface area contributed by atoms with Crippen LogP contribution in [0, 0.1) is 0 Å². The second-order valence-electron chi connectivity index (χ2n) is 5.38. The maximum atomic E-state index is 11.9. The first kappa shape index (κ1) is 16.9. The summed E-state index contributed by atoms with van der Waals surface area (Å²) in [6, 6.07) is 9.78. The molecule has 0 radical (unpaired) electrons. The molecule has 0 spiro atoms. The van der Waals surface area contributed by atoms with Gasteiger partial charge in [-0.2, -0.15) is 0 Å². The summed E-state index contributed by atoms with van der Waals surface area (Å²) < 4.78 is 4.99. The quantitative estimate of drug-likeness (QED) is 0.624. The van der Waals surface area contributed by atoms with Crippen molar-refractivity contribution in [1.29, 1.82) is 0 Å². The van der Waals surface area contributed by atoms with Gasteiger partial charge in [-0.25, -0.2) is 0 Å². The number of aromatic hydroxyl groups is 2. The second kappa shape index (κ2) is 6.86. The van der Waals surface area contributed by atoms with Crippen LogP contribution >= 0.6 is 11.6 Å². The van der Waals surface area contributed by atoms with Gasteiger partial charge in [0.2, 0.25) is 5.88 Å². The number of hydrogen-bond donors (Lipinski definition) is 3. The molecule has 1 heterocycles. The number of aromatic nitrogens is 1. The van der Waals surface area contributed by atoms with Crippen molar-refractivity contribution in [2.75, 3.05) is 7.11 Å². The Morgan fingerprint density at radius 3 is 2.72 bits per heavy atom. The fraction of sp³-hybridized carbons (Fsp3) is 0.111. The zero-order chi connectivity index (χ0) is 18.0. The molecule has 1 aromatic heterocycles. The third kappa shape index (κ3) is 3.44. The third-order valence-corrected chi connectivity index (χ3v) is 3.98. The minimum atomic E-state index is -0.401. The Morgan fingerprint density at radius 1 is 1.20 bits per heavy atom. The fourth-order valence-electron chi connectivity index (χ4n) is 2.51. The van der Waals surface area contributed by atoms with E-state index in [4.69, 9.17) is 16.3 Å². The highest BCUT2D eigenvalue weighted by Crippen LogP contribution is 2.27. The van der Waals surface area contributed by atoms with E-state index in [0.717, 1.165) is 5.56 Å². The summed E-state index contributed by atoms with van der Waals surface area (Å²) in [7, 11) is 1.47. The Bertz CT molecular complexity index is 1030. The molecule has 3 aromatic rings. The Balaban J connectivity index is 1.95. The van der Waals surface area contributed by atoms with E-state index in [2.05, 4.69) is 9.98 Å². The van der Waals surface area contributed by atoms with Gasteiger partial charge in [-0.3, -0.25) is 14.8 Å². The molecule has 0 unspecified atom stereocenters. The van der Waals surface area contributed by atoms with Crippen LogP contribution in [0.4, 0.5) is 0 Å². The molecule has 0 amide bonds. The maximum Gasteiger partial charge on any atom is 0.258 e. The zero-order valence-corrected chi connectivity index (χ0v) is 14.0. The first-order valence-corrected chi connectivity index (χ1v) is 7.77. The van der Waals surface area contributed by atoms with Gasteiger partial charge in [0, 0.05) is 22.0 Å². The summed E-state index contributed by atoms with van der Waals surface area (Å²) in [5.74, 6) is 0.132. The summed E-state index contributed by atoms with van der Waals surface area (Å²) in [5, 5.41) is 21.2. The number of halogens is 1. The molecular formula is C18H15ClN2O4. The molecular weight excluding hydrogens is 344 g/mol. The van der Waals surface area contributed by atoms with Crippen molar-refractivity contribution in [3.8, 4) is 17.4 Å². The van der Waals surface area contributed by atoms with Crippen LogP contribution < -0.4 is 10.3 Å². The van der Waals surface area contributed by atoms with Crippen molar-refractivity contribution in [2.45, 2.75) is 6.54 Å². The van der Waals surface area contributed by atoms with Gasteiger partial charge in [0.1, 0.15) is 0 Å². The van der Waals surface area contributed by atoms with Crippen molar-refractivity contribution < 1.29 is 14.9 Å². The number of nitrogens with zero attached hydrogens (tertiary/aromatic N) is 1. The summed E-state index contributed by atoms with van der Waals surface area (Å²) in [4.78, 5) is 18.6. The number of methoxy groups -OCH3 is 1. The molecule has 7 heteroatoms. The summed E-state index contributed by atoms with van der Waals surface area (Å²) in [5.41, 5.74) is 0.733. The van der Waals surface area contributed by atoms with Crippen LogP contribution in [0.3, 0.4) is 0 Å². The lowest BCUT2D eigenvalue weighted by Crippen LogP contribution is -2.08.